The van der Waals surface area contributed by atoms with Crippen LogP contribution in [0.4, 0.5) is 0 Å². The fourth-order valence-corrected chi connectivity index (χ4v) is 4.06. The Morgan fingerprint density at radius 2 is 1.77 bits per heavy atom. The Morgan fingerprint density at radius 3 is 2.57 bits per heavy atom. The fraction of sp³-hybridized carbons (Fsp3) is 0.304. The quantitative estimate of drug-likeness (QED) is 0.719. The first-order valence-corrected chi connectivity index (χ1v) is 10.0. The van der Waals surface area contributed by atoms with Gasteiger partial charge in [-0.2, -0.15) is 0 Å². The average molecular weight is 405 g/mol. The number of aryl methyl sites for hydroxylation is 1. The molecule has 154 valence electrons. The van der Waals surface area contributed by atoms with E-state index in [1.165, 1.54) is 0 Å². The predicted octanol–water partition coefficient (Wildman–Crippen LogP) is 3.12. The van der Waals surface area contributed by atoms with Crippen molar-refractivity contribution in [3.05, 3.63) is 87.6 Å². The summed E-state index contributed by atoms with van der Waals surface area (Å²) in [6, 6.07) is 17.7. The molecule has 30 heavy (non-hydrogen) atoms. The number of benzene rings is 2. The molecule has 0 aliphatic carbocycles. The van der Waals surface area contributed by atoms with E-state index in [9.17, 15) is 4.79 Å². The zero-order valence-electron chi connectivity index (χ0n) is 16.7. The molecule has 2 atom stereocenters. The average Bonchev–Trinajstić information content (AvgIpc) is 3.21. The van der Waals surface area contributed by atoms with Gasteiger partial charge >= 0.3 is 0 Å². The summed E-state index contributed by atoms with van der Waals surface area (Å²) in [5, 5.41) is 0. The maximum absolute atomic E-state index is 11.9. The molecule has 0 saturated carbocycles. The number of aromatic amines is 1. The van der Waals surface area contributed by atoms with E-state index in [4.69, 9.17) is 14.2 Å². The lowest BCUT2D eigenvalue weighted by Gasteiger charge is -2.38. The summed E-state index contributed by atoms with van der Waals surface area (Å²) in [5.74, 6) is 2.13. The van der Waals surface area contributed by atoms with Gasteiger partial charge in [0.05, 0.1) is 17.9 Å². The molecule has 2 aliphatic rings. The zero-order valence-corrected chi connectivity index (χ0v) is 16.7. The van der Waals surface area contributed by atoms with Gasteiger partial charge in [-0.1, -0.05) is 36.4 Å². The van der Waals surface area contributed by atoms with Crippen LogP contribution in [0.1, 0.15) is 34.9 Å². The molecule has 1 aromatic heterocycles. The van der Waals surface area contributed by atoms with Gasteiger partial charge in [-0.05, 0) is 30.2 Å². The van der Waals surface area contributed by atoms with Gasteiger partial charge in [0.15, 0.2) is 11.5 Å². The van der Waals surface area contributed by atoms with Crippen LogP contribution in [0.15, 0.2) is 59.4 Å². The molecule has 7 nitrogen and oxygen atoms in total. The second kappa shape index (κ2) is 7.93. The van der Waals surface area contributed by atoms with Crippen molar-refractivity contribution < 1.29 is 14.2 Å². The SMILES string of the molecule is Cc1nc(CN2C[C@@H](c3ccccc3)O[C@@H](c3ccc4c(c3)OCO4)C2)cc(=O)[nH]1. The van der Waals surface area contributed by atoms with Gasteiger partial charge in [0.2, 0.25) is 6.79 Å². The highest BCUT2D eigenvalue weighted by Crippen LogP contribution is 2.38. The molecule has 1 N–H and O–H groups in total. The molecule has 2 aromatic carbocycles. The molecule has 1 fully saturated rings. The highest BCUT2D eigenvalue weighted by atomic mass is 16.7. The van der Waals surface area contributed by atoms with Crippen LogP contribution in [0.25, 0.3) is 0 Å². The van der Waals surface area contributed by atoms with Crippen molar-refractivity contribution in [1.29, 1.82) is 0 Å². The Morgan fingerprint density at radius 1 is 1.00 bits per heavy atom. The predicted molar refractivity (Wildman–Crippen MR) is 110 cm³/mol. The molecule has 3 heterocycles. The molecule has 0 amide bonds. The van der Waals surface area contributed by atoms with Crippen LogP contribution < -0.4 is 15.0 Å². The van der Waals surface area contributed by atoms with Crippen molar-refractivity contribution >= 4 is 0 Å². The molecule has 7 heteroatoms. The van der Waals surface area contributed by atoms with E-state index in [1.54, 1.807) is 13.0 Å². The molecule has 0 radical (unpaired) electrons. The van der Waals surface area contributed by atoms with Gasteiger partial charge < -0.3 is 19.2 Å². The standard InChI is InChI=1S/C23H23N3O4/c1-15-24-18(10-23(27)25-15)11-26-12-21(16-5-3-2-4-6-16)30-22(13-26)17-7-8-19-20(9-17)29-14-28-19/h2-10,21-22H,11-14H2,1H3,(H,24,25,27)/t21-,22+/m0/s1. The second-order valence-corrected chi connectivity index (χ2v) is 7.65. The maximum Gasteiger partial charge on any atom is 0.251 e. The summed E-state index contributed by atoms with van der Waals surface area (Å²) in [7, 11) is 0. The number of aromatic nitrogens is 2. The lowest BCUT2D eigenvalue weighted by atomic mass is 10.0. The summed E-state index contributed by atoms with van der Waals surface area (Å²) in [4.78, 5) is 21.4. The van der Waals surface area contributed by atoms with E-state index in [-0.39, 0.29) is 24.6 Å². The first kappa shape index (κ1) is 18.8. The summed E-state index contributed by atoms with van der Waals surface area (Å²) >= 11 is 0. The summed E-state index contributed by atoms with van der Waals surface area (Å²) in [5.41, 5.74) is 2.80. The number of hydrogen-bond donors (Lipinski definition) is 1. The van der Waals surface area contributed by atoms with Crippen LogP contribution in [-0.2, 0) is 11.3 Å². The molecule has 2 aliphatic heterocycles. The van der Waals surface area contributed by atoms with Gasteiger partial charge in [-0.15, -0.1) is 0 Å². The number of nitrogens with one attached hydrogen (secondary N) is 1. The minimum atomic E-state index is -0.137. The number of nitrogens with zero attached hydrogens (tertiary/aromatic N) is 2. The fourth-order valence-electron chi connectivity index (χ4n) is 4.06. The lowest BCUT2D eigenvalue weighted by molar-refractivity contribution is -0.0925. The number of rotatable bonds is 4. The largest absolute Gasteiger partial charge is 0.454 e. The monoisotopic (exact) mass is 405 g/mol. The number of fused-ring (bicyclic) bond motifs is 1. The Kier molecular flexibility index (Phi) is 4.98. The van der Waals surface area contributed by atoms with E-state index in [0.29, 0.717) is 18.9 Å². The Bertz CT molecular complexity index is 1100. The summed E-state index contributed by atoms with van der Waals surface area (Å²) in [6.07, 6.45) is -0.222. The van der Waals surface area contributed by atoms with Crippen LogP contribution >= 0.6 is 0 Å². The molecule has 0 bridgehead atoms. The van der Waals surface area contributed by atoms with Crippen molar-refractivity contribution in [2.24, 2.45) is 0 Å². The molecule has 1 saturated heterocycles. The van der Waals surface area contributed by atoms with Gasteiger partial charge in [-0.25, -0.2) is 4.98 Å². The highest BCUT2D eigenvalue weighted by molar-refractivity contribution is 5.45. The maximum atomic E-state index is 11.9. The minimum Gasteiger partial charge on any atom is -0.454 e. The van der Waals surface area contributed by atoms with E-state index in [0.717, 1.165) is 34.9 Å². The van der Waals surface area contributed by atoms with Crippen LogP contribution in [0, 0.1) is 6.92 Å². The highest BCUT2D eigenvalue weighted by Gasteiger charge is 2.31. The molecular formula is C23H23N3O4. The topological polar surface area (TPSA) is 76.7 Å². The van der Waals surface area contributed by atoms with Crippen LogP contribution in [0.2, 0.25) is 0 Å². The van der Waals surface area contributed by atoms with Crippen molar-refractivity contribution in [1.82, 2.24) is 14.9 Å². The molecular weight excluding hydrogens is 382 g/mol. The van der Waals surface area contributed by atoms with E-state index in [1.807, 2.05) is 36.4 Å². The van der Waals surface area contributed by atoms with Gasteiger partial charge in [0.25, 0.3) is 5.56 Å². The second-order valence-electron chi connectivity index (χ2n) is 7.65. The van der Waals surface area contributed by atoms with Gasteiger partial charge in [0, 0.05) is 25.7 Å². The Hall–Kier alpha value is -3.16. The van der Waals surface area contributed by atoms with Crippen molar-refractivity contribution in [2.45, 2.75) is 25.7 Å². The third-order valence-corrected chi connectivity index (χ3v) is 5.42. The van der Waals surface area contributed by atoms with Gasteiger partial charge in [0.1, 0.15) is 5.82 Å². The molecule has 0 unspecified atom stereocenters. The normalized spacial score (nSPS) is 21.0. The Balaban J connectivity index is 1.44. The van der Waals surface area contributed by atoms with Crippen LogP contribution in [-0.4, -0.2) is 34.8 Å². The lowest BCUT2D eigenvalue weighted by Crippen LogP contribution is -2.40. The number of morpholine rings is 1. The molecule has 3 aromatic rings. The third-order valence-electron chi connectivity index (χ3n) is 5.42. The van der Waals surface area contributed by atoms with Gasteiger partial charge in [-0.3, -0.25) is 9.69 Å². The third kappa shape index (κ3) is 3.94. The van der Waals surface area contributed by atoms with Crippen molar-refractivity contribution in [2.75, 3.05) is 19.9 Å². The zero-order chi connectivity index (χ0) is 20.5. The summed E-state index contributed by atoms with van der Waals surface area (Å²) in [6.45, 7) is 4.04. The number of hydrogen-bond acceptors (Lipinski definition) is 6. The Labute approximate surface area is 174 Å². The smallest absolute Gasteiger partial charge is 0.251 e. The van der Waals surface area contributed by atoms with E-state index >= 15 is 0 Å². The van der Waals surface area contributed by atoms with Crippen LogP contribution in [0.3, 0.4) is 0 Å². The number of ether oxygens (including phenoxy) is 3. The van der Waals surface area contributed by atoms with Crippen molar-refractivity contribution in [3.63, 3.8) is 0 Å². The van der Waals surface area contributed by atoms with E-state index < -0.39 is 0 Å². The van der Waals surface area contributed by atoms with Crippen LogP contribution in [0.5, 0.6) is 11.5 Å². The molecule has 0 spiro atoms. The molecule has 5 rings (SSSR count). The number of H-pyrrole nitrogens is 1. The van der Waals surface area contributed by atoms with Crippen molar-refractivity contribution in [3.8, 4) is 11.5 Å². The first-order chi connectivity index (χ1) is 14.6. The first-order valence-electron chi connectivity index (χ1n) is 10.0. The minimum absolute atomic E-state index is 0.0848. The van der Waals surface area contributed by atoms with E-state index in [2.05, 4.69) is 27.0 Å². The summed E-state index contributed by atoms with van der Waals surface area (Å²) < 4.78 is 17.5.